The zero-order valence-corrected chi connectivity index (χ0v) is 16.3. The molecule has 1 aliphatic heterocycles. The zero-order valence-electron chi connectivity index (χ0n) is 16.3. The Hall–Kier alpha value is -3.16. The lowest BCUT2D eigenvalue weighted by atomic mass is 10.00. The van der Waals surface area contributed by atoms with E-state index in [1.165, 1.54) is 20.2 Å². The van der Waals surface area contributed by atoms with Crippen LogP contribution in [-0.2, 0) is 24.3 Å². The first-order valence-electron chi connectivity index (χ1n) is 10.2. The molecule has 1 aliphatic carbocycles. The fourth-order valence-corrected chi connectivity index (χ4v) is 4.42. The minimum atomic E-state index is -0.317. The second-order valence-corrected chi connectivity index (χ2v) is 7.87. The summed E-state index contributed by atoms with van der Waals surface area (Å²) in [5.41, 5.74) is 2.79. The molecule has 2 aromatic heterocycles. The quantitative estimate of drug-likeness (QED) is 0.728. The molecule has 1 fully saturated rings. The van der Waals surface area contributed by atoms with Crippen LogP contribution in [-0.4, -0.2) is 37.7 Å². The van der Waals surface area contributed by atoms with Gasteiger partial charge in [-0.05, 0) is 30.4 Å². The molecule has 1 aromatic carbocycles. The molecule has 0 unspecified atom stereocenters. The predicted molar refractivity (Wildman–Crippen MR) is 109 cm³/mol. The van der Waals surface area contributed by atoms with Gasteiger partial charge in [0.1, 0.15) is 6.54 Å². The number of aromatic nitrogens is 4. The minimum Gasteiger partial charge on any atom is -0.352 e. The molecule has 0 bridgehead atoms. The van der Waals surface area contributed by atoms with Gasteiger partial charge in [0.05, 0.1) is 0 Å². The number of rotatable bonds is 4. The normalized spacial score (nSPS) is 16.9. The van der Waals surface area contributed by atoms with Gasteiger partial charge in [0.15, 0.2) is 5.82 Å². The number of fused-ring (bicyclic) bond motifs is 2. The Bertz CT molecular complexity index is 1110. The van der Waals surface area contributed by atoms with Crippen molar-refractivity contribution in [1.82, 2.24) is 24.5 Å². The van der Waals surface area contributed by atoms with Crippen LogP contribution in [0.1, 0.15) is 36.8 Å². The first-order valence-corrected chi connectivity index (χ1v) is 10.2. The van der Waals surface area contributed by atoms with E-state index in [0.717, 1.165) is 45.2 Å². The third kappa shape index (κ3) is 3.39. The van der Waals surface area contributed by atoms with Gasteiger partial charge in [-0.1, -0.05) is 37.1 Å². The number of amides is 1. The molecule has 29 heavy (non-hydrogen) atoms. The van der Waals surface area contributed by atoms with Crippen molar-refractivity contribution < 1.29 is 4.79 Å². The third-order valence-corrected chi connectivity index (χ3v) is 5.93. The molecule has 3 heterocycles. The summed E-state index contributed by atoms with van der Waals surface area (Å²) >= 11 is 0. The highest BCUT2D eigenvalue weighted by atomic mass is 16.2. The Morgan fingerprint density at radius 1 is 1.17 bits per heavy atom. The van der Waals surface area contributed by atoms with Gasteiger partial charge >= 0.3 is 5.69 Å². The first kappa shape index (κ1) is 17.9. The minimum absolute atomic E-state index is 0.0702. The molecule has 150 valence electrons. The van der Waals surface area contributed by atoms with Crippen LogP contribution in [0.15, 0.2) is 41.5 Å². The Morgan fingerprint density at radius 3 is 2.79 bits per heavy atom. The molecular formula is C21H24N6O2. The molecule has 8 heteroatoms. The number of benzene rings is 1. The highest BCUT2D eigenvalue weighted by Gasteiger charge is 2.23. The van der Waals surface area contributed by atoms with Crippen molar-refractivity contribution in [3.63, 3.8) is 0 Å². The summed E-state index contributed by atoms with van der Waals surface area (Å²) in [4.78, 5) is 31.8. The monoisotopic (exact) mass is 392 g/mol. The third-order valence-electron chi connectivity index (χ3n) is 5.93. The number of nitrogens with zero attached hydrogens (tertiary/aromatic N) is 5. The van der Waals surface area contributed by atoms with Crippen LogP contribution in [0.3, 0.4) is 0 Å². The van der Waals surface area contributed by atoms with E-state index >= 15 is 0 Å². The van der Waals surface area contributed by atoms with E-state index in [1.54, 1.807) is 12.4 Å². The van der Waals surface area contributed by atoms with E-state index in [4.69, 9.17) is 0 Å². The average molecular weight is 392 g/mol. The van der Waals surface area contributed by atoms with Crippen molar-refractivity contribution in [2.45, 2.75) is 51.2 Å². The zero-order chi connectivity index (χ0) is 19.8. The van der Waals surface area contributed by atoms with E-state index in [1.807, 2.05) is 6.07 Å². The maximum absolute atomic E-state index is 12.8. The first-order chi connectivity index (χ1) is 14.2. The van der Waals surface area contributed by atoms with Gasteiger partial charge in [-0.3, -0.25) is 4.79 Å². The number of hydrogen-bond acceptors (Lipinski definition) is 5. The van der Waals surface area contributed by atoms with E-state index < -0.39 is 0 Å². The lowest BCUT2D eigenvalue weighted by molar-refractivity contribution is -0.122. The van der Waals surface area contributed by atoms with Crippen molar-refractivity contribution in [2.75, 3.05) is 11.4 Å². The lowest BCUT2D eigenvalue weighted by Gasteiger charge is -2.29. The highest BCUT2D eigenvalue weighted by molar-refractivity contribution is 5.76. The van der Waals surface area contributed by atoms with Crippen molar-refractivity contribution >= 4 is 17.4 Å². The van der Waals surface area contributed by atoms with Crippen molar-refractivity contribution in [3.8, 4) is 0 Å². The van der Waals surface area contributed by atoms with E-state index in [0.29, 0.717) is 11.5 Å². The van der Waals surface area contributed by atoms with Gasteiger partial charge < -0.3 is 10.2 Å². The fraction of sp³-hybridized carbons (Fsp3) is 0.429. The molecule has 0 atom stereocenters. The van der Waals surface area contributed by atoms with E-state index in [-0.39, 0.29) is 24.2 Å². The molecular weight excluding hydrogens is 368 g/mol. The van der Waals surface area contributed by atoms with Crippen LogP contribution in [0.4, 0.5) is 5.82 Å². The molecule has 3 aromatic rings. The van der Waals surface area contributed by atoms with Crippen LogP contribution in [0, 0.1) is 0 Å². The second-order valence-electron chi connectivity index (χ2n) is 7.87. The van der Waals surface area contributed by atoms with E-state index in [9.17, 15) is 9.59 Å². The Kier molecular flexibility index (Phi) is 4.54. The van der Waals surface area contributed by atoms with Crippen LogP contribution in [0.25, 0.3) is 5.65 Å². The largest absolute Gasteiger partial charge is 0.352 e. The lowest BCUT2D eigenvalue weighted by Crippen LogP contribution is -2.37. The Morgan fingerprint density at radius 2 is 1.97 bits per heavy atom. The Labute approximate surface area is 168 Å². The topological polar surface area (TPSA) is 84.5 Å². The molecule has 8 nitrogen and oxygen atoms in total. The molecule has 1 amide bonds. The number of nitrogens with one attached hydrogen (secondary N) is 1. The second kappa shape index (κ2) is 7.35. The molecule has 5 rings (SSSR count). The Balaban J connectivity index is 1.42. The van der Waals surface area contributed by atoms with Gasteiger partial charge in [0.2, 0.25) is 11.6 Å². The number of carbonyl (C=O) groups excluding carboxylic acids is 1. The smallest absolute Gasteiger partial charge is 0.350 e. The summed E-state index contributed by atoms with van der Waals surface area (Å²) in [6.07, 6.45) is 8.47. The van der Waals surface area contributed by atoms with Crippen molar-refractivity contribution in [2.24, 2.45) is 0 Å². The number of hydrogen-bond donors (Lipinski definition) is 1. The maximum Gasteiger partial charge on any atom is 0.350 e. The van der Waals surface area contributed by atoms with Crippen molar-refractivity contribution in [1.29, 1.82) is 0 Å². The van der Waals surface area contributed by atoms with Gasteiger partial charge in [-0.15, -0.1) is 5.10 Å². The summed E-state index contributed by atoms with van der Waals surface area (Å²) in [7, 11) is 0. The molecule has 2 aliphatic rings. The summed E-state index contributed by atoms with van der Waals surface area (Å²) < 4.78 is 2.72. The standard InChI is InChI=1S/C21H24N6O2/c28-18(23-17-7-3-4-8-17)14-27-21(29)26-12-10-22-19(20(26)24-27)25-11-9-15-5-1-2-6-16(15)13-25/h1-2,5-6,10,12,17H,3-4,7-9,11,13-14H2,(H,23,28). The molecule has 0 saturated heterocycles. The molecule has 1 saturated carbocycles. The van der Waals surface area contributed by atoms with Crippen LogP contribution >= 0.6 is 0 Å². The maximum atomic E-state index is 12.8. The van der Waals surface area contributed by atoms with Crippen LogP contribution in [0.2, 0.25) is 0 Å². The summed E-state index contributed by atoms with van der Waals surface area (Å²) in [6, 6.07) is 8.60. The van der Waals surface area contributed by atoms with Gasteiger partial charge in [0, 0.05) is 31.5 Å². The molecule has 0 radical (unpaired) electrons. The highest BCUT2D eigenvalue weighted by Crippen LogP contribution is 2.24. The fourth-order valence-electron chi connectivity index (χ4n) is 4.42. The average Bonchev–Trinajstić information content (AvgIpc) is 3.36. The molecule has 1 N–H and O–H groups in total. The summed E-state index contributed by atoms with van der Waals surface area (Å²) in [5, 5.41) is 7.47. The number of carbonyl (C=O) groups is 1. The summed E-state index contributed by atoms with van der Waals surface area (Å²) in [5.74, 6) is 0.512. The van der Waals surface area contributed by atoms with Crippen LogP contribution in [0.5, 0.6) is 0 Å². The SMILES string of the molecule is O=C(Cn1nc2c(N3CCc4ccccc4C3)nccn2c1=O)NC1CCCC1. The summed E-state index contributed by atoms with van der Waals surface area (Å²) in [6.45, 7) is 1.47. The number of anilines is 1. The van der Waals surface area contributed by atoms with Gasteiger partial charge in [0.25, 0.3) is 0 Å². The van der Waals surface area contributed by atoms with Gasteiger partial charge in [-0.25, -0.2) is 18.9 Å². The molecule has 0 spiro atoms. The predicted octanol–water partition coefficient (Wildman–Crippen LogP) is 1.51. The van der Waals surface area contributed by atoms with E-state index in [2.05, 4.69) is 38.5 Å². The van der Waals surface area contributed by atoms with Crippen LogP contribution < -0.4 is 15.9 Å². The van der Waals surface area contributed by atoms with Gasteiger partial charge in [-0.2, -0.15) is 0 Å². The van der Waals surface area contributed by atoms with Crippen molar-refractivity contribution in [3.05, 3.63) is 58.3 Å².